The summed E-state index contributed by atoms with van der Waals surface area (Å²) in [6.45, 7) is 4.66. The van der Waals surface area contributed by atoms with E-state index in [2.05, 4.69) is 10.0 Å². The summed E-state index contributed by atoms with van der Waals surface area (Å²) < 4.78 is 32.0. The topological polar surface area (TPSA) is 67.4 Å². The van der Waals surface area contributed by atoms with E-state index in [1.165, 1.54) is 12.8 Å². The Kier molecular flexibility index (Phi) is 5.47. The molecular formula is C15H24N2O3S. The third-order valence-corrected chi connectivity index (χ3v) is 4.47. The van der Waals surface area contributed by atoms with Gasteiger partial charge >= 0.3 is 0 Å². The summed E-state index contributed by atoms with van der Waals surface area (Å²) >= 11 is 0. The second-order valence-corrected chi connectivity index (χ2v) is 7.54. The molecule has 118 valence electrons. The van der Waals surface area contributed by atoms with E-state index in [-0.39, 0.29) is 11.9 Å². The Labute approximate surface area is 127 Å². The fraction of sp³-hybridized carbons (Fsp3) is 0.600. The molecule has 0 atom stereocenters. The highest BCUT2D eigenvalue weighted by molar-refractivity contribution is 7.92. The van der Waals surface area contributed by atoms with E-state index in [1.807, 2.05) is 13.8 Å². The quantitative estimate of drug-likeness (QED) is 0.687. The lowest BCUT2D eigenvalue weighted by atomic mass is 10.3. The Morgan fingerprint density at radius 3 is 2.48 bits per heavy atom. The first-order valence-electron chi connectivity index (χ1n) is 7.45. The van der Waals surface area contributed by atoms with E-state index >= 15 is 0 Å². The number of hydrogen-bond donors (Lipinski definition) is 2. The molecule has 6 heteroatoms. The van der Waals surface area contributed by atoms with Gasteiger partial charge in [-0.1, -0.05) is 0 Å². The van der Waals surface area contributed by atoms with Crippen LogP contribution in [0.25, 0.3) is 0 Å². The molecule has 0 spiro atoms. The van der Waals surface area contributed by atoms with Crippen LogP contribution in [0, 0.1) is 0 Å². The molecule has 0 saturated heterocycles. The first-order chi connectivity index (χ1) is 9.94. The van der Waals surface area contributed by atoms with Crippen LogP contribution in [-0.4, -0.2) is 32.9 Å². The van der Waals surface area contributed by atoms with Gasteiger partial charge in [0.05, 0.1) is 11.9 Å². The van der Waals surface area contributed by atoms with Crippen LogP contribution in [-0.2, 0) is 10.0 Å². The van der Waals surface area contributed by atoms with Crippen molar-refractivity contribution in [3.8, 4) is 5.75 Å². The van der Waals surface area contributed by atoms with Crippen LogP contribution in [0.5, 0.6) is 5.75 Å². The molecule has 2 rings (SSSR count). The molecule has 0 unspecified atom stereocenters. The average Bonchev–Trinajstić information content (AvgIpc) is 3.20. The van der Waals surface area contributed by atoms with E-state index < -0.39 is 10.0 Å². The lowest BCUT2D eigenvalue weighted by molar-refractivity contribution is 0.242. The average molecular weight is 312 g/mol. The highest BCUT2D eigenvalue weighted by Crippen LogP contribution is 2.19. The minimum absolute atomic E-state index is 0.103. The molecule has 0 radical (unpaired) electrons. The van der Waals surface area contributed by atoms with Gasteiger partial charge < -0.3 is 10.1 Å². The fourth-order valence-electron chi connectivity index (χ4n) is 1.96. The molecular weight excluding hydrogens is 288 g/mol. The molecule has 0 heterocycles. The van der Waals surface area contributed by atoms with Crippen molar-refractivity contribution in [2.75, 3.05) is 17.0 Å². The van der Waals surface area contributed by atoms with Crippen LogP contribution in [0.4, 0.5) is 5.69 Å². The van der Waals surface area contributed by atoms with Crippen molar-refractivity contribution in [3.05, 3.63) is 24.3 Å². The van der Waals surface area contributed by atoms with Crippen LogP contribution in [0.15, 0.2) is 24.3 Å². The molecule has 1 fully saturated rings. The highest BCUT2D eigenvalue weighted by atomic mass is 32.2. The standard InChI is InChI=1S/C15H24N2O3S/c1-12(2)20-15-8-6-14(7-9-15)17-21(18,19)11-3-10-16-13-4-5-13/h6-9,12-13,16-17H,3-5,10-11H2,1-2H3. The van der Waals surface area contributed by atoms with Gasteiger partial charge in [-0.2, -0.15) is 0 Å². The third kappa shape index (κ3) is 6.35. The largest absolute Gasteiger partial charge is 0.491 e. The monoisotopic (exact) mass is 312 g/mol. The SMILES string of the molecule is CC(C)Oc1ccc(NS(=O)(=O)CCCNC2CC2)cc1. The lowest BCUT2D eigenvalue weighted by Gasteiger charge is -2.11. The molecule has 1 aliphatic carbocycles. The molecule has 1 aliphatic rings. The zero-order valence-electron chi connectivity index (χ0n) is 12.6. The summed E-state index contributed by atoms with van der Waals surface area (Å²) in [6, 6.07) is 7.60. The Hall–Kier alpha value is -1.27. The van der Waals surface area contributed by atoms with Crippen molar-refractivity contribution in [1.82, 2.24) is 5.32 Å². The number of sulfonamides is 1. The van der Waals surface area contributed by atoms with Crippen molar-refractivity contribution in [2.24, 2.45) is 0 Å². The van der Waals surface area contributed by atoms with Gasteiger partial charge in [0.25, 0.3) is 0 Å². The van der Waals surface area contributed by atoms with Gasteiger partial charge in [-0.3, -0.25) is 4.72 Å². The smallest absolute Gasteiger partial charge is 0.232 e. The molecule has 1 aromatic carbocycles. The Balaban J connectivity index is 1.78. The molecule has 0 aromatic heterocycles. The predicted molar refractivity (Wildman–Crippen MR) is 85.3 cm³/mol. The van der Waals surface area contributed by atoms with E-state index in [4.69, 9.17) is 4.74 Å². The zero-order valence-corrected chi connectivity index (χ0v) is 13.4. The van der Waals surface area contributed by atoms with Gasteiger partial charge in [0, 0.05) is 11.7 Å². The van der Waals surface area contributed by atoms with Crippen LogP contribution in [0.3, 0.4) is 0 Å². The van der Waals surface area contributed by atoms with Crippen LogP contribution >= 0.6 is 0 Å². The van der Waals surface area contributed by atoms with E-state index in [0.717, 1.165) is 12.3 Å². The van der Waals surface area contributed by atoms with Crippen molar-refractivity contribution in [3.63, 3.8) is 0 Å². The first kappa shape index (κ1) is 16.1. The second-order valence-electron chi connectivity index (χ2n) is 5.69. The summed E-state index contributed by atoms with van der Waals surface area (Å²) in [5.74, 6) is 0.873. The van der Waals surface area contributed by atoms with Crippen LogP contribution in [0.2, 0.25) is 0 Å². The number of nitrogens with one attached hydrogen (secondary N) is 2. The van der Waals surface area contributed by atoms with E-state index in [0.29, 0.717) is 18.2 Å². The lowest BCUT2D eigenvalue weighted by Crippen LogP contribution is -2.23. The Morgan fingerprint density at radius 2 is 1.90 bits per heavy atom. The molecule has 0 bridgehead atoms. The third-order valence-electron chi connectivity index (χ3n) is 3.10. The van der Waals surface area contributed by atoms with Crippen LogP contribution < -0.4 is 14.8 Å². The summed E-state index contributed by atoms with van der Waals surface area (Å²) in [7, 11) is -3.28. The fourth-order valence-corrected chi connectivity index (χ4v) is 3.08. The molecule has 0 amide bonds. The van der Waals surface area contributed by atoms with Crippen LogP contribution in [0.1, 0.15) is 33.1 Å². The summed E-state index contributed by atoms with van der Waals surface area (Å²) in [5.41, 5.74) is 0.571. The minimum Gasteiger partial charge on any atom is -0.491 e. The van der Waals surface area contributed by atoms with Gasteiger partial charge in [0.1, 0.15) is 5.75 Å². The van der Waals surface area contributed by atoms with Gasteiger partial charge in [-0.15, -0.1) is 0 Å². The Bertz CT molecular complexity index is 537. The number of rotatable bonds is 9. The molecule has 1 saturated carbocycles. The molecule has 1 aromatic rings. The Morgan fingerprint density at radius 1 is 1.24 bits per heavy atom. The van der Waals surface area contributed by atoms with Crippen molar-refractivity contribution < 1.29 is 13.2 Å². The van der Waals surface area contributed by atoms with Gasteiger partial charge in [-0.05, 0) is 63.9 Å². The number of benzene rings is 1. The maximum absolute atomic E-state index is 12.0. The molecule has 2 N–H and O–H groups in total. The highest BCUT2D eigenvalue weighted by Gasteiger charge is 2.20. The normalized spacial score (nSPS) is 15.2. The summed E-state index contributed by atoms with van der Waals surface area (Å²) in [5, 5.41) is 3.31. The number of anilines is 1. The number of hydrogen-bond acceptors (Lipinski definition) is 4. The molecule has 5 nitrogen and oxygen atoms in total. The first-order valence-corrected chi connectivity index (χ1v) is 9.10. The van der Waals surface area contributed by atoms with Crippen molar-refractivity contribution >= 4 is 15.7 Å². The van der Waals surface area contributed by atoms with Gasteiger partial charge in [0.2, 0.25) is 10.0 Å². The van der Waals surface area contributed by atoms with Gasteiger partial charge in [-0.25, -0.2) is 8.42 Å². The zero-order chi connectivity index (χ0) is 15.3. The maximum atomic E-state index is 12.0. The number of ether oxygens (including phenoxy) is 1. The van der Waals surface area contributed by atoms with Crippen molar-refractivity contribution in [2.45, 2.75) is 45.3 Å². The molecule has 0 aliphatic heterocycles. The maximum Gasteiger partial charge on any atom is 0.232 e. The van der Waals surface area contributed by atoms with Crippen molar-refractivity contribution in [1.29, 1.82) is 0 Å². The van der Waals surface area contributed by atoms with E-state index in [9.17, 15) is 8.42 Å². The minimum atomic E-state index is -3.28. The summed E-state index contributed by atoms with van der Waals surface area (Å²) in [4.78, 5) is 0. The predicted octanol–water partition coefficient (Wildman–Crippen LogP) is 2.36. The second kappa shape index (κ2) is 7.13. The van der Waals surface area contributed by atoms with E-state index in [1.54, 1.807) is 24.3 Å². The van der Waals surface area contributed by atoms with Gasteiger partial charge in [0.15, 0.2) is 0 Å². The molecule has 21 heavy (non-hydrogen) atoms. The summed E-state index contributed by atoms with van der Waals surface area (Å²) in [6.07, 6.45) is 3.16.